The van der Waals surface area contributed by atoms with Crippen LogP contribution in [0.15, 0.2) is 30.5 Å². The van der Waals surface area contributed by atoms with Crippen LogP contribution in [-0.2, 0) is 0 Å². The third-order valence-electron chi connectivity index (χ3n) is 7.14. The van der Waals surface area contributed by atoms with Gasteiger partial charge in [-0.25, -0.2) is 0 Å². The fourth-order valence-electron chi connectivity index (χ4n) is 5.16. The van der Waals surface area contributed by atoms with Gasteiger partial charge in [0.05, 0.1) is 0 Å². The Kier molecular flexibility index (Phi) is 6.28. The quantitative estimate of drug-likeness (QED) is 0.686. The predicted molar refractivity (Wildman–Crippen MR) is 124 cm³/mol. The number of amides is 1. The molecular weight excluding hydrogens is 372 g/mol. The van der Waals surface area contributed by atoms with Crippen LogP contribution in [0.1, 0.15) is 69.3 Å². The van der Waals surface area contributed by atoms with Crippen molar-refractivity contribution >= 4 is 22.5 Å². The van der Waals surface area contributed by atoms with Crippen molar-refractivity contribution in [2.75, 3.05) is 26.2 Å². The molecule has 1 aliphatic carbocycles. The molecule has 1 N–H and O–H groups in total. The largest absolute Gasteiger partial charge is 0.344 e. The van der Waals surface area contributed by atoms with E-state index in [4.69, 9.17) is 5.41 Å². The summed E-state index contributed by atoms with van der Waals surface area (Å²) in [4.78, 5) is 17.4. The summed E-state index contributed by atoms with van der Waals surface area (Å²) in [5, 5.41) is 9.62. The Morgan fingerprint density at radius 1 is 1.07 bits per heavy atom. The molecule has 2 fully saturated rings. The molecule has 0 bridgehead atoms. The number of carbonyl (C=O) groups excluding carboxylic acids is 1. The molecule has 5 nitrogen and oxygen atoms in total. The number of hydrogen-bond donors (Lipinski definition) is 1. The van der Waals surface area contributed by atoms with Crippen LogP contribution in [0, 0.1) is 11.3 Å². The van der Waals surface area contributed by atoms with Crippen molar-refractivity contribution in [3.8, 4) is 0 Å². The van der Waals surface area contributed by atoms with E-state index in [1.807, 2.05) is 17.0 Å². The Hall–Kier alpha value is -2.14. The molecule has 0 unspecified atom stereocenters. The number of benzene rings is 1. The highest BCUT2D eigenvalue weighted by Crippen LogP contribution is 2.30. The van der Waals surface area contributed by atoms with Crippen molar-refractivity contribution < 1.29 is 4.79 Å². The topological polar surface area (TPSA) is 52.3 Å². The Morgan fingerprint density at radius 2 is 1.77 bits per heavy atom. The maximum absolute atomic E-state index is 13.0. The van der Waals surface area contributed by atoms with E-state index in [1.165, 1.54) is 25.7 Å². The van der Waals surface area contributed by atoms with Crippen LogP contribution in [0.5, 0.6) is 0 Å². The normalized spacial score (nSPS) is 19.7. The third-order valence-corrected chi connectivity index (χ3v) is 7.14. The second kappa shape index (κ2) is 8.93. The van der Waals surface area contributed by atoms with Gasteiger partial charge in [0, 0.05) is 73.1 Å². The summed E-state index contributed by atoms with van der Waals surface area (Å²) in [7, 11) is 0. The van der Waals surface area contributed by atoms with Crippen LogP contribution >= 0.6 is 0 Å². The molecule has 2 heterocycles. The molecule has 5 heteroatoms. The van der Waals surface area contributed by atoms with Gasteiger partial charge in [-0.3, -0.25) is 9.69 Å². The number of aromatic nitrogens is 1. The Bertz CT molecular complexity index is 901. The first kappa shape index (κ1) is 21.1. The fraction of sp³-hybridized carbons (Fsp3) is 0.600. The van der Waals surface area contributed by atoms with E-state index < -0.39 is 0 Å². The molecule has 1 saturated carbocycles. The van der Waals surface area contributed by atoms with Crippen LogP contribution in [0.2, 0.25) is 0 Å². The van der Waals surface area contributed by atoms with Gasteiger partial charge in [-0.05, 0) is 63.8 Å². The molecule has 1 aromatic heterocycles. The molecule has 4 rings (SSSR count). The van der Waals surface area contributed by atoms with E-state index in [0.29, 0.717) is 12.0 Å². The van der Waals surface area contributed by atoms with Crippen LogP contribution in [0.3, 0.4) is 0 Å². The van der Waals surface area contributed by atoms with Crippen LogP contribution < -0.4 is 0 Å². The van der Waals surface area contributed by atoms with Gasteiger partial charge in [0.1, 0.15) is 0 Å². The molecule has 162 valence electrons. The lowest BCUT2D eigenvalue weighted by Crippen LogP contribution is -2.50. The summed E-state index contributed by atoms with van der Waals surface area (Å²) in [6.45, 7) is 10.1. The second-order valence-corrected chi connectivity index (χ2v) is 9.48. The van der Waals surface area contributed by atoms with Crippen molar-refractivity contribution in [1.82, 2.24) is 14.4 Å². The number of carbonyl (C=O) groups is 1. The van der Waals surface area contributed by atoms with E-state index >= 15 is 0 Å². The first-order valence-electron chi connectivity index (χ1n) is 11.6. The fourth-order valence-corrected chi connectivity index (χ4v) is 5.16. The van der Waals surface area contributed by atoms with Gasteiger partial charge in [0.2, 0.25) is 0 Å². The van der Waals surface area contributed by atoms with Crippen molar-refractivity contribution in [3.05, 3.63) is 36.0 Å². The van der Waals surface area contributed by atoms with E-state index in [-0.39, 0.29) is 11.9 Å². The first-order chi connectivity index (χ1) is 14.4. The Labute approximate surface area is 180 Å². The zero-order valence-corrected chi connectivity index (χ0v) is 18.7. The first-order valence-corrected chi connectivity index (χ1v) is 11.6. The molecular formula is C25H36N4O. The molecule has 0 radical (unpaired) electrons. The van der Waals surface area contributed by atoms with Crippen LogP contribution in [-0.4, -0.2) is 58.2 Å². The monoisotopic (exact) mass is 408 g/mol. The lowest BCUT2D eigenvalue weighted by molar-refractivity contribution is 0.0595. The summed E-state index contributed by atoms with van der Waals surface area (Å²) in [6, 6.07) is 9.01. The Balaban J connectivity index is 1.44. The highest BCUT2D eigenvalue weighted by molar-refractivity contribution is 5.98. The number of fused-ring (bicyclic) bond motifs is 1. The molecule has 0 spiro atoms. The minimum Gasteiger partial charge on any atom is -0.344 e. The van der Waals surface area contributed by atoms with Gasteiger partial charge in [0.15, 0.2) is 0 Å². The van der Waals surface area contributed by atoms with Gasteiger partial charge in [-0.1, -0.05) is 12.8 Å². The number of nitrogens with zero attached hydrogens (tertiary/aromatic N) is 3. The zero-order valence-electron chi connectivity index (χ0n) is 18.7. The van der Waals surface area contributed by atoms with E-state index in [2.05, 4.69) is 48.6 Å². The van der Waals surface area contributed by atoms with Gasteiger partial charge in [-0.15, -0.1) is 0 Å². The van der Waals surface area contributed by atoms with Crippen molar-refractivity contribution in [2.45, 2.75) is 65.0 Å². The smallest absolute Gasteiger partial charge is 0.253 e. The molecule has 2 aromatic rings. The summed E-state index contributed by atoms with van der Waals surface area (Å²) < 4.78 is 2.27. The number of rotatable bonds is 6. The standard InChI is InChI=1S/C25H36N4O/c1-18(2)27-12-14-28(15-13-27)25(30)22-8-9-24-21(17-22)10-11-29(24)19(3)16-23(26)20-6-4-5-7-20/h8-11,17-20,26H,4-7,12-16H2,1-3H3/t19-/m0/s1. The molecule has 1 atom stereocenters. The maximum atomic E-state index is 13.0. The van der Waals surface area contributed by atoms with Gasteiger partial charge < -0.3 is 14.9 Å². The lowest BCUT2D eigenvalue weighted by Gasteiger charge is -2.37. The number of hydrogen-bond acceptors (Lipinski definition) is 3. The SMILES string of the molecule is CC(C)N1CCN(C(=O)c2ccc3c(ccn3[C@@H](C)CC(=N)C3CCCC3)c2)CC1. The van der Waals surface area contributed by atoms with E-state index in [0.717, 1.165) is 54.8 Å². The van der Waals surface area contributed by atoms with Crippen molar-refractivity contribution in [3.63, 3.8) is 0 Å². The molecule has 2 aliphatic rings. The average molecular weight is 409 g/mol. The summed E-state index contributed by atoms with van der Waals surface area (Å²) in [5.74, 6) is 0.638. The van der Waals surface area contributed by atoms with Gasteiger partial charge in [-0.2, -0.15) is 0 Å². The minimum atomic E-state index is 0.143. The number of piperazine rings is 1. The highest BCUT2D eigenvalue weighted by atomic mass is 16.2. The highest BCUT2D eigenvalue weighted by Gasteiger charge is 2.24. The van der Waals surface area contributed by atoms with Gasteiger partial charge in [0.25, 0.3) is 5.91 Å². The molecule has 1 aliphatic heterocycles. The summed E-state index contributed by atoms with van der Waals surface area (Å²) in [6.07, 6.45) is 7.86. The predicted octanol–water partition coefficient (Wildman–Crippen LogP) is 4.97. The average Bonchev–Trinajstić information content (AvgIpc) is 3.43. The third kappa shape index (κ3) is 4.31. The number of nitrogens with one attached hydrogen (secondary N) is 1. The Morgan fingerprint density at radius 3 is 2.43 bits per heavy atom. The van der Waals surface area contributed by atoms with Gasteiger partial charge >= 0.3 is 0 Å². The zero-order chi connectivity index (χ0) is 21.3. The molecule has 30 heavy (non-hydrogen) atoms. The molecule has 1 saturated heterocycles. The van der Waals surface area contributed by atoms with Crippen molar-refractivity contribution in [2.24, 2.45) is 5.92 Å². The van der Waals surface area contributed by atoms with E-state index in [1.54, 1.807) is 0 Å². The summed E-state index contributed by atoms with van der Waals surface area (Å²) in [5.41, 5.74) is 2.85. The molecule has 1 amide bonds. The molecule has 1 aromatic carbocycles. The van der Waals surface area contributed by atoms with E-state index in [9.17, 15) is 4.79 Å². The summed E-state index contributed by atoms with van der Waals surface area (Å²) >= 11 is 0. The van der Waals surface area contributed by atoms with Crippen LogP contribution in [0.25, 0.3) is 10.9 Å². The maximum Gasteiger partial charge on any atom is 0.253 e. The minimum absolute atomic E-state index is 0.143. The second-order valence-electron chi connectivity index (χ2n) is 9.48. The van der Waals surface area contributed by atoms with Crippen molar-refractivity contribution in [1.29, 1.82) is 5.41 Å². The lowest BCUT2D eigenvalue weighted by atomic mass is 9.96. The van der Waals surface area contributed by atoms with Crippen LogP contribution in [0.4, 0.5) is 0 Å².